The fraction of sp³-hybridized carbons (Fsp3) is 0.929. The Hall–Kier alpha value is -0.570. The smallest absolute Gasteiger partial charge is 0.225 e. The molecule has 0 aromatic heterocycles. The molecule has 1 amide bonds. The van der Waals surface area contributed by atoms with E-state index in [1.807, 2.05) is 0 Å². The van der Waals surface area contributed by atoms with E-state index in [2.05, 4.69) is 18.7 Å². The quantitative estimate of drug-likeness (QED) is 0.801. The van der Waals surface area contributed by atoms with Crippen LogP contribution >= 0.6 is 0 Å². The van der Waals surface area contributed by atoms with Gasteiger partial charge in [0.2, 0.25) is 5.91 Å². The molecular weight excluding hydrogens is 212 g/mol. The minimum Gasteiger partial charge on any atom is -0.339 e. The Labute approximate surface area is 105 Å². The van der Waals surface area contributed by atoms with Gasteiger partial charge in [0.05, 0.1) is 0 Å². The first-order chi connectivity index (χ1) is 8.09. The molecule has 0 radical (unpaired) electrons. The largest absolute Gasteiger partial charge is 0.339 e. The maximum Gasteiger partial charge on any atom is 0.225 e. The van der Waals surface area contributed by atoms with Crippen LogP contribution in [0.3, 0.4) is 0 Å². The Bertz CT molecular complexity index is 277. The number of rotatable bonds is 2. The topological polar surface area (TPSA) is 46.3 Å². The minimum atomic E-state index is 0.212. The van der Waals surface area contributed by atoms with E-state index in [1.165, 1.54) is 19.3 Å². The summed E-state index contributed by atoms with van der Waals surface area (Å²) < 4.78 is 0. The molecule has 3 heteroatoms. The van der Waals surface area contributed by atoms with Crippen molar-refractivity contribution in [2.24, 2.45) is 17.6 Å². The van der Waals surface area contributed by atoms with Gasteiger partial charge in [-0.05, 0) is 44.4 Å². The number of hydrogen-bond acceptors (Lipinski definition) is 2. The Morgan fingerprint density at radius 3 is 2.59 bits per heavy atom. The van der Waals surface area contributed by atoms with Crippen molar-refractivity contribution in [3.05, 3.63) is 0 Å². The first kappa shape index (κ1) is 12.9. The maximum absolute atomic E-state index is 12.5. The van der Waals surface area contributed by atoms with Crippen molar-refractivity contribution >= 4 is 5.91 Å². The van der Waals surface area contributed by atoms with Crippen LogP contribution in [0.25, 0.3) is 0 Å². The van der Waals surface area contributed by atoms with Crippen LogP contribution in [-0.2, 0) is 4.79 Å². The molecule has 0 unspecified atom stereocenters. The van der Waals surface area contributed by atoms with Gasteiger partial charge in [0, 0.05) is 24.5 Å². The zero-order valence-corrected chi connectivity index (χ0v) is 11.2. The number of nitrogens with zero attached hydrogens (tertiary/aromatic N) is 1. The monoisotopic (exact) mass is 238 g/mol. The summed E-state index contributed by atoms with van der Waals surface area (Å²) >= 11 is 0. The van der Waals surface area contributed by atoms with Crippen molar-refractivity contribution in [2.75, 3.05) is 6.54 Å². The SMILES string of the molecule is CC(C)[C@@H]1CCCCN1C(=O)[C@H]1CC[C@H](N)C1. The van der Waals surface area contributed by atoms with Crippen LogP contribution in [0, 0.1) is 11.8 Å². The van der Waals surface area contributed by atoms with Gasteiger partial charge in [-0.15, -0.1) is 0 Å². The van der Waals surface area contributed by atoms with Gasteiger partial charge in [-0.3, -0.25) is 4.79 Å². The van der Waals surface area contributed by atoms with Crippen molar-refractivity contribution < 1.29 is 4.79 Å². The second kappa shape index (κ2) is 5.38. The molecule has 2 rings (SSSR count). The lowest BCUT2D eigenvalue weighted by molar-refractivity contribution is -0.140. The Morgan fingerprint density at radius 1 is 1.24 bits per heavy atom. The van der Waals surface area contributed by atoms with Crippen molar-refractivity contribution in [1.82, 2.24) is 4.90 Å². The summed E-state index contributed by atoms with van der Waals surface area (Å²) in [4.78, 5) is 14.7. The molecule has 0 aromatic rings. The molecule has 3 nitrogen and oxygen atoms in total. The molecule has 2 aliphatic rings. The summed E-state index contributed by atoms with van der Waals surface area (Å²) in [5.74, 6) is 1.18. The summed E-state index contributed by atoms with van der Waals surface area (Å²) in [6, 6.07) is 0.722. The predicted octanol–water partition coefficient (Wildman–Crippen LogP) is 2.15. The number of amides is 1. The third-order valence-corrected chi connectivity index (χ3v) is 4.42. The number of likely N-dealkylation sites (tertiary alicyclic amines) is 1. The van der Waals surface area contributed by atoms with E-state index < -0.39 is 0 Å². The van der Waals surface area contributed by atoms with Crippen molar-refractivity contribution in [3.8, 4) is 0 Å². The van der Waals surface area contributed by atoms with Crippen LogP contribution in [0.15, 0.2) is 0 Å². The van der Waals surface area contributed by atoms with Crippen LogP contribution in [0.5, 0.6) is 0 Å². The lowest BCUT2D eigenvalue weighted by Gasteiger charge is -2.39. The first-order valence-corrected chi connectivity index (χ1v) is 7.15. The number of nitrogens with two attached hydrogens (primary N) is 1. The third kappa shape index (κ3) is 2.82. The van der Waals surface area contributed by atoms with Crippen LogP contribution in [0.1, 0.15) is 52.4 Å². The van der Waals surface area contributed by atoms with Gasteiger partial charge in [0.25, 0.3) is 0 Å². The van der Waals surface area contributed by atoms with E-state index in [9.17, 15) is 4.79 Å². The molecule has 0 bridgehead atoms. The molecule has 98 valence electrons. The maximum atomic E-state index is 12.5. The Balaban J connectivity index is 2.01. The van der Waals surface area contributed by atoms with Crippen LogP contribution in [0.4, 0.5) is 0 Å². The average Bonchev–Trinajstić information content (AvgIpc) is 2.75. The molecule has 1 aliphatic carbocycles. The highest BCUT2D eigenvalue weighted by Gasteiger charge is 2.35. The van der Waals surface area contributed by atoms with Crippen LogP contribution < -0.4 is 5.73 Å². The van der Waals surface area contributed by atoms with Gasteiger partial charge in [-0.2, -0.15) is 0 Å². The number of piperidine rings is 1. The van der Waals surface area contributed by atoms with E-state index in [0.717, 1.165) is 25.8 Å². The van der Waals surface area contributed by atoms with Crippen molar-refractivity contribution in [2.45, 2.75) is 64.5 Å². The molecule has 2 fully saturated rings. The molecule has 2 N–H and O–H groups in total. The fourth-order valence-electron chi connectivity index (χ4n) is 3.40. The van der Waals surface area contributed by atoms with Crippen LogP contribution in [0.2, 0.25) is 0 Å². The molecule has 0 spiro atoms. The summed E-state index contributed by atoms with van der Waals surface area (Å²) in [7, 11) is 0. The summed E-state index contributed by atoms with van der Waals surface area (Å²) in [5.41, 5.74) is 5.92. The van der Waals surface area contributed by atoms with Gasteiger partial charge in [-0.25, -0.2) is 0 Å². The molecule has 1 saturated heterocycles. The molecule has 0 aromatic carbocycles. The normalized spacial score (nSPS) is 34.4. The molecule has 1 saturated carbocycles. The van der Waals surface area contributed by atoms with Gasteiger partial charge < -0.3 is 10.6 Å². The van der Waals surface area contributed by atoms with Gasteiger partial charge >= 0.3 is 0 Å². The summed E-state index contributed by atoms with van der Waals surface area (Å²) in [6.07, 6.45) is 6.56. The van der Waals surface area contributed by atoms with Crippen molar-refractivity contribution in [1.29, 1.82) is 0 Å². The lowest BCUT2D eigenvalue weighted by atomic mass is 9.91. The standard InChI is InChI=1S/C14H26N2O/c1-10(2)13-5-3-4-8-16(13)14(17)11-6-7-12(15)9-11/h10-13H,3-9,15H2,1-2H3/t11-,12-,13-/m0/s1. The van der Waals surface area contributed by atoms with E-state index in [0.29, 0.717) is 17.9 Å². The fourth-order valence-corrected chi connectivity index (χ4v) is 3.40. The van der Waals surface area contributed by atoms with Crippen molar-refractivity contribution in [3.63, 3.8) is 0 Å². The number of hydrogen-bond donors (Lipinski definition) is 1. The zero-order chi connectivity index (χ0) is 12.4. The molecule has 17 heavy (non-hydrogen) atoms. The predicted molar refractivity (Wildman–Crippen MR) is 69.5 cm³/mol. The highest BCUT2D eigenvalue weighted by molar-refractivity contribution is 5.79. The minimum absolute atomic E-state index is 0.212. The van der Waals surface area contributed by atoms with Crippen LogP contribution in [-0.4, -0.2) is 29.4 Å². The molecular formula is C14H26N2O. The highest BCUT2D eigenvalue weighted by atomic mass is 16.2. The van der Waals surface area contributed by atoms with Gasteiger partial charge in [0.15, 0.2) is 0 Å². The molecule has 1 aliphatic heterocycles. The summed E-state index contributed by atoms with van der Waals surface area (Å²) in [5, 5.41) is 0. The Kier molecular flexibility index (Phi) is 4.08. The second-order valence-corrected chi connectivity index (χ2v) is 6.11. The second-order valence-electron chi connectivity index (χ2n) is 6.11. The third-order valence-electron chi connectivity index (χ3n) is 4.42. The van der Waals surface area contributed by atoms with E-state index in [-0.39, 0.29) is 12.0 Å². The lowest BCUT2D eigenvalue weighted by Crippen LogP contribution is -2.48. The van der Waals surface area contributed by atoms with E-state index in [1.54, 1.807) is 0 Å². The highest BCUT2D eigenvalue weighted by Crippen LogP contribution is 2.30. The average molecular weight is 238 g/mol. The molecule has 1 heterocycles. The van der Waals surface area contributed by atoms with Gasteiger partial charge in [0.1, 0.15) is 0 Å². The number of carbonyl (C=O) groups excluding carboxylic acids is 1. The number of carbonyl (C=O) groups is 1. The first-order valence-electron chi connectivity index (χ1n) is 7.15. The Morgan fingerprint density at radius 2 is 2.00 bits per heavy atom. The molecule has 3 atom stereocenters. The van der Waals surface area contributed by atoms with Gasteiger partial charge in [-0.1, -0.05) is 13.8 Å². The van der Waals surface area contributed by atoms with E-state index >= 15 is 0 Å². The zero-order valence-electron chi connectivity index (χ0n) is 11.2. The van der Waals surface area contributed by atoms with E-state index in [4.69, 9.17) is 5.73 Å². The summed E-state index contributed by atoms with van der Waals surface area (Å²) in [6.45, 7) is 5.43.